The van der Waals surface area contributed by atoms with Crippen LogP contribution in [-0.2, 0) is 4.79 Å². The first-order chi connectivity index (χ1) is 9.06. The van der Waals surface area contributed by atoms with E-state index in [2.05, 4.69) is 12.2 Å². The molecule has 0 aromatic heterocycles. The smallest absolute Gasteiger partial charge is 0.327 e. The number of amides is 2. The number of nitrogens with one attached hydrogen (secondary N) is 1. The molecule has 2 amide bonds. The minimum Gasteiger partial charge on any atom is -0.480 e. The fourth-order valence-corrected chi connectivity index (χ4v) is 3.24. The molecule has 0 bridgehead atoms. The second kappa shape index (κ2) is 8.30. The molecule has 2 atom stereocenters. The molecule has 2 unspecified atom stereocenters. The van der Waals surface area contributed by atoms with Crippen LogP contribution in [-0.4, -0.2) is 45.7 Å². The standard InChI is InChI=1S/C13H24N2O3S/c1-3-4-5-6-7-10(2)14-13(18)15-9-19-8-11(15)12(16)17/h10-11H,3-9H2,1-2H3,(H,14,18)(H,16,17). The van der Waals surface area contributed by atoms with Crippen LogP contribution in [0.25, 0.3) is 0 Å². The van der Waals surface area contributed by atoms with Crippen LogP contribution in [0.1, 0.15) is 46.0 Å². The minimum absolute atomic E-state index is 0.101. The van der Waals surface area contributed by atoms with E-state index in [9.17, 15) is 9.59 Å². The highest BCUT2D eigenvalue weighted by molar-refractivity contribution is 7.99. The van der Waals surface area contributed by atoms with Crippen LogP contribution in [0.3, 0.4) is 0 Å². The molecule has 1 aliphatic heterocycles. The van der Waals surface area contributed by atoms with Crippen molar-refractivity contribution >= 4 is 23.8 Å². The highest BCUT2D eigenvalue weighted by atomic mass is 32.2. The molecule has 0 saturated carbocycles. The van der Waals surface area contributed by atoms with Crippen LogP contribution >= 0.6 is 11.8 Å². The molecule has 110 valence electrons. The van der Waals surface area contributed by atoms with Crippen LogP contribution in [0, 0.1) is 0 Å². The lowest BCUT2D eigenvalue weighted by atomic mass is 10.1. The number of carbonyl (C=O) groups excluding carboxylic acids is 1. The van der Waals surface area contributed by atoms with Crippen molar-refractivity contribution in [2.45, 2.75) is 58.0 Å². The van der Waals surface area contributed by atoms with Gasteiger partial charge in [0.05, 0.1) is 5.88 Å². The molecule has 1 heterocycles. The van der Waals surface area contributed by atoms with E-state index >= 15 is 0 Å². The number of nitrogens with zero attached hydrogens (tertiary/aromatic N) is 1. The van der Waals surface area contributed by atoms with Crippen LogP contribution in [0.4, 0.5) is 4.79 Å². The molecule has 2 N–H and O–H groups in total. The van der Waals surface area contributed by atoms with Gasteiger partial charge in [-0.25, -0.2) is 9.59 Å². The molecule has 0 aliphatic carbocycles. The second-order valence-electron chi connectivity index (χ2n) is 5.02. The largest absolute Gasteiger partial charge is 0.480 e. The molecule has 1 fully saturated rings. The van der Waals surface area contributed by atoms with E-state index < -0.39 is 12.0 Å². The average Bonchev–Trinajstić information content (AvgIpc) is 2.84. The van der Waals surface area contributed by atoms with Gasteiger partial charge in [-0.15, -0.1) is 11.8 Å². The van der Waals surface area contributed by atoms with Crippen molar-refractivity contribution in [3.8, 4) is 0 Å². The predicted octanol–water partition coefficient (Wildman–Crippen LogP) is 2.51. The Labute approximate surface area is 119 Å². The number of carbonyl (C=O) groups is 2. The summed E-state index contributed by atoms with van der Waals surface area (Å²) in [6.07, 6.45) is 5.67. The Morgan fingerprint density at radius 3 is 2.79 bits per heavy atom. The van der Waals surface area contributed by atoms with E-state index in [1.54, 1.807) is 0 Å². The Morgan fingerprint density at radius 1 is 1.42 bits per heavy atom. The summed E-state index contributed by atoms with van der Waals surface area (Å²) in [6.45, 7) is 4.14. The molecule has 0 spiro atoms. The maximum Gasteiger partial charge on any atom is 0.327 e. The number of hydrogen-bond acceptors (Lipinski definition) is 3. The molecule has 0 aromatic carbocycles. The highest BCUT2D eigenvalue weighted by Gasteiger charge is 2.34. The lowest BCUT2D eigenvalue weighted by Gasteiger charge is -2.23. The molecule has 1 aliphatic rings. The van der Waals surface area contributed by atoms with Crippen molar-refractivity contribution < 1.29 is 14.7 Å². The van der Waals surface area contributed by atoms with E-state index in [1.165, 1.54) is 35.9 Å². The molecule has 1 rings (SSSR count). The van der Waals surface area contributed by atoms with Crippen molar-refractivity contribution in [2.75, 3.05) is 11.6 Å². The summed E-state index contributed by atoms with van der Waals surface area (Å²) < 4.78 is 0. The van der Waals surface area contributed by atoms with Crippen molar-refractivity contribution in [3.05, 3.63) is 0 Å². The van der Waals surface area contributed by atoms with E-state index in [4.69, 9.17) is 5.11 Å². The number of hydrogen-bond donors (Lipinski definition) is 2. The molecule has 6 heteroatoms. The zero-order valence-corrected chi connectivity index (χ0v) is 12.5. The third-order valence-corrected chi connectivity index (χ3v) is 4.30. The van der Waals surface area contributed by atoms with Gasteiger partial charge in [0.25, 0.3) is 0 Å². The third kappa shape index (κ3) is 5.30. The SMILES string of the molecule is CCCCCCC(C)NC(=O)N1CSCC1C(=O)O. The third-order valence-electron chi connectivity index (χ3n) is 3.29. The quantitative estimate of drug-likeness (QED) is 0.706. The normalized spacial score (nSPS) is 20.3. The Morgan fingerprint density at radius 2 is 2.16 bits per heavy atom. The fourth-order valence-electron chi connectivity index (χ4n) is 2.09. The maximum absolute atomic E-state index is 12.0. The van der Waals surface area contributed by atoms with Gasteiger partial charge in [-0.05, 0) is 13.3 Å². The molecule has 1 saturated heterocycles. The molecule has 0 radical (unpaired) electrons. The number of urea groups is 1. The first-order valence-corrected chi connectivity index (χ1v) is 8.09. The van der Waals surface area contributed by atoms with Crippen molar-refractivity contribution in [1.29, 1.82) is 0 Å². The van der Waals surface area contributed by atoms with Gasteiger partial charge in [-0.1, -0.05) is 32.6 Å². The van der Waals surface area contributed by atoms with Gasteiger partial charge in [0, 0.05) is 11.8 Å². The topological polar surface area (TPSA) is 69.6 Å². The monoisotopic (exact) mass is 288 g/mol. The summed E-state index contributed by atoms with van der Waals surface area (Å²) in [5, 5.41) is 11.9. The zero-order valence-electron chi connectivity index (χ0n) is 11.7. The van der Waals surface area contributed by atoms with Gasteiger partial charge < -0.3 is 15.3 Å². The predicted molar refractivity (Wildman–Crippen MR) is 77.3 cm³/mol. The van der Waals surface area contributed by atoms with Gasteiger partial charge >= 0.3 is 12.0 Å². The molecule has 19 heavy (non-hydrogen) atoms. The van der Waals surface area contributed by atoms with E-state index in [0.29, 0.717) is 11.6 Å². The lowest BCUT2D eigenvalue weighted by molar-refractivity contribution is -0.140. The first-order valence-electron chi connectivity index (χ1n) is 6.94. The van der Waals surface area contributed by atoms with Crippen molar-refractivity contribution in [2.24, 2.45) is 0 Å². The van der Waals surface area contributed by atoms with Gasteiger partial charge in [0.2, 0.25) is 0 Å². The summed E-state index contributed by atoms with van der Waals surface area (Å²) in [5.41, 5.74) is 0. The second-order valence-corrected chi connectivity index (χ2v) is 6.02. The molecule has 0 aromatic rings. The van der Waals surface area contributed by atoms with Crippen molar-refractivity contribution in [3.63, 3.8) is 0 Å². The van der Waals surface area contributed by atoms with E-state index in [0.717, 1.165) is 12.8 Å². The number of aliphatic carboxylic acids is 1. The van der Waals surface area contributed by atoms with Crippen LogP contribution in [0.15, 0.2) is 0 Å². The lowest BCUT2D eigenvalue weighted by Crippen LogP contribution is -2.49. The number of carboxylic acids is 1. The van der Waals surface area contributed by atoms with Gasteiger partial charge in [0.15, 0.2) is 0 Å². The van der Waals surface area contributed by atoms with E-state index in [1.807, 2.05) is 6.92 Å². The Balaban J connectivity index is 2.31. The summed E-state index contributed by atoms with van der Waals surface area (Å²) >= 11 is 1.48. The summed E-state index contributed by atoms with van der Waals surface area (Å²) in [5.74, 6) is 0.0228. The highest BCUT2D eigenvalue weighted by Crippen LogP contribution is 2.21. The number of rotatable bonds is 7. The van der Waals surface area contributed by atoms with Crippen LogP contribution in [0.2, 0.25) is 0 Å². The van der Waals surface area contributed by atoms with Crippen LogP contribution in [0.5, 0.6) is 0 Å². The summed E-state index contributed by atoms with van der Waals surface area (Å²) in [7, 11) is 0. The average molecular weight is 288 g/mol. The first kappa shape index (κ1) is 16.1. The number of unbranched alkanes of at least 4 members (excludes halogenated alkanes) is 3. The van der Waals surface area contributed by atoms with Crippen LogP contribution < -0.4 is 5.32 Å². The Hall–Kier alpha value is -0.910. The van der Waals surface area contributed by atoms with Gasteiger partial charge in [-0.2, -0.15) is 0 Å². The molecule has 5 nitrogen and oxygen atoms in total. The summed E-state index contributed by atoms with van der Waals surface area (Å²) in [6, 6.07) is -0.831. The summed E-state index contributed by atoms with van der Waals surface area (Å²) in [4.78, 5) is 24.4. The maximum atomic E-state index is 12.0. The Kier molecular flexibility index (Phi) is 7.05. The number of carboxylic acid groups (broad SMARTS) is 1. The minimum atomic E-state index is -0.921. The number of thioether (sulfide) groups is 1. The Bertz CT molecular complexity index is 312. The fraction of sp³-hybridized carbons (Fsp3) is 0.846. The molecular weight excluding hydrogens is 264 g/mol. The van der Waals surface area contributed by atoms with Gasteiger partial charge in [-0.3, -0.25) is 0 Å². The van der Waals surface area contributed by atoms with Crippen molar-refractivity contribution in [1.82, 2.24) is 10.2 Å². The van der Waals surface area contributed by atoms with Gasteiger partial charge in [0.1, 0.15) is 6.04 Å². The van der Waals surface area contributed by atoms with E-state index in [-0.39, 0.29) is 12.1 Å². The molecular formula is C13H24N2O3S. The zero-order chi connectivity index (χ0) is 14.3.